The molecule has 0 bridgehead atoms. The number of benzene rings is 1. The van der Waals surface area contributed by atoms with Gasteiger partial charge in [-0.05, 0) is 61.2 Å². The van der Waals surface area contributed by atoms with Gasteiger partial charge in [0.25, 0.3) is 0 Å². The number of hydrogen-bond donors (Lipinski definition) is 1. The molecule has 0 heterocycles. The van der Waals surface area contributed by atoms with E-state index in [2.05, 4.69) is 46.0 Å². The standard InChI is InChI=1S/C15H26O2Si/c1-10-8-12(9-11(2)13(10)16)14(15(3,4)5)17-18(6)7/h8-9,14,16,18H,1-7H3. The second-order valence-corrected chi connectivity index (χ2v) is 8.80. The van der Waals surface area contributed by atoms with Crippen molar-refractivity contribution in [2.24, 2.45) is 5.41 Å². The van der Waals surface area contributed by atoms with Crippen LogP contribution in [0.25, 0.3) is 0 Å². The van der Waals surface area contributed by atoms with Gasteiger partial charge in [-0.1, -0.05) is 20.8 Å². The van der Waals surface area contributed by atoms with Crippen molar-refractivity contribution in [3.8, 4) is 5.75 Å². The zero-order valence-corrected chi connectivity index (χ0v) is 13.8. The molecule has 1 unspecified atom stereocenters. The van der Waals surface area contributed by atoms with Crippen molar-refractivity contribution in [2.75, 3.05) is 0 Å². The van der Waals surface area contributed by atoms with E-state index >= 15 is 0 Å². The first-order valence-electron chi connectivity index (χ1n) is 6.58. The minimum Gasteiger partial charge on any atom is -0.507 e. The Morgan fingerprint density at radius 2 is 1.56 bits per heavy atom. The molecule has 0 aliphatic rings. The molecule has 0 saturated heterocycles. The average Bonchev–Trinajstić information content (AvgIpc) is 2.20. The molecular weight excluding hydrogens is 240 g/mol. The fourth-order valence-electron chi connectivity index (χ4n) is 2.20. The van der Waals surface area contributed by atoms with E-state index in [0.717, 1.165) is 11.1 Å². The van der Waals surface area contributed by atoms with Crippen LogP contribution < -0.4 is 0 Å². The summed E-state index contributed by atoms with van der Waals surface area (Å²) in [6, 6.07) is 4.10. The van der Waals surface area contributed by atoms with Crippen LogP contribution in [0.1, 0.15) is 43.6 Å². The van der Waals surface area contributed by atoms with Crippen LogP contribution in [0, 0.1) is 19.3 Å². The van der Waals surface area contributed by atoms with E-state index in [0.29, 0.717) is 5.75 Å². The lowest BCUT2D eigenvalue weighted by Crippen LogP contribution is -2.26. The highest BCUT2D eigenvalue weighted by Crippen LogP contribution is 2.38. The molecule has 0 saturated carbocycles. The predicted molar refractivity (Wildman–Crippen MR) is 79.7 cm³/mol. The van der Waals surface area contributed by atoms with Crippen LogP contribution in [0.5, 0.6) is 5.75 Å². The predicted octanol–water partition coefficient (Wildman–Crippen LogP) is 4.10. The average molecular weight is 266 g/mol. The van der Waals surface area contributed by atoms with Gasteiger partial charge in [0.05, 0.1) is 6.10 Å². The SMILES string of the molecule is Cc1cc(C(O[SiH](C)C)C(C)(C)C)cc(C)c1O. The van der Waals surface area contributed by atoms with Crippen molar-refractivity contribution in [2.45, 2.75) is 53.8 Å². The lowest BCUT2D eigenvalue weighted by atomic mass is 9.84. The second-order valence-electron chi connectivity index (χ2n) is 6.43. The number of phenolic OH excluding ortho intramolecular Hbond substituents is 1. The molecule has 0 aliphatic heterocycles. The molecule has 0 aromatic heterocycles. The van der Waals surface area contributed by atoms with Crippen molar-refractivity contribution in [3.05, 3.63) is 28.8 Å². The molecule has 1 aromatic rings. The van der Waals surface area contributed by atoms with Gasteiger partial charge in [0, 0.05) is 0 Å². The third kappa shape index (κ3) is 3.59. The van der Waals surface area contributed by atoms with Gasteiger partial charge in [0.1, 0.15) is 5.75 Å². The molecule has 2 nitrogen and oxygen atoms in total. The van der Waals surface area contributed by atoms with Crippen LogP contribution in [0.4, 0.5) is 0 Å². The molecule has 18 heavy (non-hydrogen) atoms. The summed E-state index contributed by atoms with van der Waals surface area (Å²) in [5.41, 5.74) is 3.09. The van der Waals surface area contributed by atoms with Crippen molar-refractivity contribution in [1.82, 2.24) is 0 Å². The largest absolute Gasteiger partial charge is 0.507 e. The maximum atomic E-state index is 9.87. The molecule has 0 amide bonds. The second kappa shape index (κ2) is 5.45. The summed E-state index contributed by atoms with van der Waals surface area (Å²) >= 11 is 0. The molecule has 1 rings (SSSR count). The first kappa shape index (κ1) is 15.3. The highest BCUT2D eigenvalue weighted by Gasteiger charge is 2.28. The Hall–Kier alpha value is -0.803. The van der Waals surface area contributed by atoms with Gasteiger partial charge < -0.3 is 9.53 Å². The maximum Gasteiger partial charge on any atom is 0.171 e. The van der Waals surface area contributed by atoms with Crippen molar-refractivity contribution >= 4 is 9.04 Å². The molecule has 1 aromatic carbocycles. The van der Waals surface area contributed by atoms with Crippen molar-refractivity contribution in [3.63, 3.8) is 0 Å². The Kier molecular flexibility index (Phi) is 4.62. The Labute approximate surface area is 113 Å². The number of hydrogen-bond acceptors (Lipinski definition) is 2. The maximum absolute atomic E-state index is 9.87. The third-order valence-corrected chi connectivity index (χ3v) is 3.83. The van der Waals surface area contributed by atoms with Gasteiger partial charge >= 0.3 is 0 Å². The Morgan fingerprint density at radius 1 is 1.11 bits per heavy atom. The highest BCUT2D eigenvalue weighted by molar-refractivity contribution is 6.48. The summed E-state index contributed by atoms with van der Waals surface area (Å²) in [5.74, 6) is 0.396. The van der Waals surface area contributed by atoms with E-state index in [1.165, 1.54) is 5.56 Å². The number of aryl methyl sites for hydroxylation is 2. The molecule has 0 spiro atoms. The van der Waals surface area contributed by atoms with Gasteiger partial charge in [-0.2, -0.15) is 0 Å². The summed E-state index contributed by atoms with van der Waals surface area (Å²) < 4.78 is 6.21. The van der Waals surface area contributed by atoms with Crippen LogP contribution in [0.2, 0.25) is 13.1 Å². The molecule has 1 atom stereocenters. The Bertz CT molecular complexity index is 396. The number of rotatable bonds is 3. The zero-order chi connectivity index (χ0) is 14.1. The fourth-order valence-corrected chi connectivity index (χ4v) is 3.31. The van der Waals surface area contributed by atoms with E-state index in [-0.39, 0.29) is 11.5 Å². The summed E-state index contributed by atoms with van der Waals surface area (Å²) in [6.45, 7) is 14.9. The van der Waals surface area contributed by atoms with Crippen LogP contribution in [0.15, 0.2) is 12.1 Å². The van der Waals surface area contributed by atoms with E-state index in [1.807, 2.05) is 13.8 Å². The van der Waals surface area contributed by atoms with Gasteiger partial charge in [0.2, 0.25) is 0 Å². The van der Waals surface area contributed by atoms with Gasteiger partial charge in [-0.3, -0.25) is 0 Å². The highest BCUT2D eigenvalue weighted by atomic mass is 28.3. The zero-order valence-electron chi connectivity index (χ0n) is 12.7. The van der Waals surface area contributed by atoms with Crippen molar-refractivity contribution in [1.29, 1.82) is 0 Å². The van der Waals surface area contributed by atoms with Crippen molar-refractivity contribution < 1.29 is 9.53 Å². The van der Waals surface area contributed by atoms with E-state index < -0.39 is 9.04 Å². The van der Waals surface area contributed by atoms with E-state index in [1.54, 1.807) is 0 Å². The number of phenols is 1. The third-order valence-electron chi connectivity index (χ3n) is 3.01. The smallest absolute Gasteiger partial charge is 0.171 e. The van der Waals surface area contributed by atoms with Gasteiger partial charge in [-0.25, -0.2) is 0 Å². The quantitative estimate of drug-likeness (QED) is 0.835. The van der Waals surface area contributed by atoms with Crippen LogP contribution in [0.3, 0.4) is 0 Å². The lowest BCUT2D eigenvalue weighted by molar-refractivity contribution is 0.0864. The number of aromatic hydroxyl groups is 1. The normalized spacial score (nSPS) is 14.0. The van der Waals surface area contributed by atoms with E-state index in [9.17, 15) is 5.11 Å². The summed E-state index contributed by atoms with van der Waals surface area (Å²) in [7, 11) is -1.10. The lowest BCUT2D eigenvalue weighted by Gasteiger charge is -2.33. The minimum atomic E-state index is -1.10. The van der Waals surface area contributed by atoms with E-state index in [4.69, 9.17) is 4.43 Å². The molecule has 3 heteroatoms. The van der Waals surface area contributed by atoms with Crippen LogP contribution >= 0.6 is 0 Å². The molecular formula is C15H26O2Si. The Morgan fingerprint density at radius 3 is 1.89 bits per heavy atom. The molecule has 0 fully saturated rings. The minimum absolute atomic E-state index is 0.0626. The summed E-state index contributed by atoms with van der Waals surface area (Å²) in [5, 5.41) is 9.87. The molecule has 0 aliphatic carbocycles. The Balaban J connectivity index is 3.22. The van der Waals surface area contributed by atoms with Crippen LogP contribution in [-0.4, -0.2) is 14.1 Å². The first-order valence-corrected chi connectivity index (χ1v) is 9.36. The molecule has 1 N–H and O–H groups in total. The summed E-state index contributed by atoms with van der Waals surface area (Å²) in [4.78, 5) is 0. The molecule has 0 radical (unpaired) electrons. The monoisotopic (exact) mass is 266 g/mol. The fraction of sp³-hybridized carbons (Fsp3) is 0.600. The van der Waals surface area contributed by atoms with Gasteiger partial charge in [-0.15, -0.1) is 0 Å². The first-order chi connectivity index (χ1) is 8.12. The van der Waals surface area contributed by atoms with Gasteiger partial charge in [0.15, 0.2) is 9.04 Å². The summed E-state index contributed by atoms with van der Waals surface area (Å²) in [6.07, 6.45) is 0.0992. The van der Waals surface area contributed by atoms with Crippen LogP contribution in [-0.2, 0) is 4.43 Å². The topological polar surface area (TPSA) is 29.5 Å². The molecule has 102 valence electrons.